The molecule has 1 saturated heterocycles. The summed E-state index contributed by atoms with van der Waals surface area (Å²) in [7, 11) is 0. The van der Waals surface area contributed by atoms with E-state index in [0.29, 0.717) is 17.8 Å². The van der Waals surface area contributed by atoms with E-state index < -0.39 is 24.1 Å². The predicted octanol–water partition coefficient (Wildman–Crippen LogP) is 1.55. The molecule has 4 rings (SSSR count). The number of aryl methyl sites for hydroxylation is 1. The van der Waals surface area contributed by atoms with Gasteiger partial charge in [-0.2, -0.15) is 0 Å². The molecule has 0 aromatic carbocycles. The molecule has 1 spiro atoms. The van der Waals surface area contributed by atoms with Gasteiger partial charge in [-0.05, 0) is 37.3 Å². The molecular weight excluding hydrogens is 388 g/mol. The average Bonchev–Trinajstić information content (AvgIpc) is 2.94. The molecule has 2 atom stereocenters. The Morgan fingerprint density at radius 2 is 2.13 bits per heavy atom. The second-order valence-corrected chi connectivity index (χ2v) is 8.07. The van der Waals surface area contributed by atoms with Crippen LogP contribution in [0, 0.1) is 12.8 Å². The van der Waals surface area contributed by atoms with E-state index >= 15 is 0 Å². The van der Waals surface area contributed by atoms with Gasteiger partial charge < -0.3 is 10.1 Å². The number of nitrogens with zero attached hydrogens (tertiary/aromatic N) is 3. The molecule has 2 aliphatic rings. The summed E-state index contributed by atoms with van der Waals surface area (Å²) < 4.78 is 6.62. The van der Waals surface area contributed by atoms with Crippen molar-refractivity contribution in [3.8, 4) is 0 Å². The molecule has 2 unspecified atom stereocenters. The molecule has 2 aromatic rings. The Hall–Kier alpha value is -3.23. The van der Waals surface area contributed by atoms with Gasteiger partial charge in [0.1, 0.15) is 24.3 Å². The zero-order valence-corrected chi connectivity index (χ0v) is 17.0. The number of ether oxygens (including phenoxy) is 1. The summed E-state index contributed by atoms with van der Waals surface area (Å²) in [4.78, 5) is 55.2. The molecule has 3 heterocycles. The Labute approximate surface area is 173 Å². The zero-order valence-electron chi connectivity index (χ0n) is 17.0. The first-order valence-electron chi connectivity index (χ1n) is 10.1. The van der Waals surface area contributed by atoms with Gasteiger partial charge in [-0.15, -0.1) is 0 Å². The number of fused-ring (bicyclic) bond motifs is 1. The summed E-state index contributed by atoms with van der Waals surface area (Å²) in [5, 5.41) is 2.81. The van der Waals surface area contributed by atoms with E-state index in [4.69, 9.17) is 4.74 Å². The Balaban J connectivity index is 1.44. The van der Waals surface area contributed by atoms with Crippen LogP contribution in [0.3, 0.4) is 0 Å². The SMILES string of the molecule is Cc1cccn2c(=O)cc(COC(=O)CN3C(=O)NC4(CCCCC4C)C3=O)nc12. The van der Waals surface area contributed by atoms with Gasteiger partial charge in [-0.1, -0.05) is 25.8 Å². The molecule has 1 saturated carbocycles. The summed E-state index contributed by atoms with van der Waals surface area (Å²) in [6, 6.07) is 4.32. The van der Waals surface area contributed by atoms with Gasteiger partial charge in [-0.25, -0.2) is 9.78 Å². The highest BCUT2D eigenvalue weighted by Gasteiger charge is 2.55. The lowest BCUT2D eigenvalue weighted by Gasteiger charge is -2.36. The summed E-state index contributed by atoms with van der Waals surface area (Å²) in [6.07, 6.45) is 4.93. The minimum absolute atomic E-state index is 0.0155. The molecule has 0 bridgehead atoms. The number of urea groups is 1. The lowest BCUT2D eigenvalue weighted by molar-refractivity contribution is -0.149. The third kappa shape index (κ3) is 3.34. The molecule has 3 amide bonds. The smallest absolute Gasteiger partial charge is 0.326 e. The largest absolute Gasteiger partial charge is 0.458 e. The summed E-state index contributed by atoms with van der Waals surface area (Å²) in [5.41, 5.74) is 0.406. The number of pyridine rings is 1. The van der Waals surface area contributed by atoms with Crippen molar-refractivity contribution in [2.45, 2.75) is 51.7 Å². The number of aromatic nitrogens is 2. The van der Waals surface area contributed by atoms with Crippen molar-refractivity contribution in [1.29, 1.82) is 0 Å². The van der Waals surface area contributed by atoms with Crippen LogP contribution < -0.4 is 10.9 Å². The van der Waals surface area contributed by atoms with Gasteiger partial charge in [0.25, 0.3) is 11.5 Å². The Bertz CT molecular complexity index is 1090. The molecule has 2 fully saturated rings. The van der Waals surface area contributed by atoms with E-state index in [1.165, 1.54) is 10.5 Å². The molecule has 0 radical (unpaired) electrons. The number of hydrogen-bond donors (Lipinski definition) is 1. The van der Waals surface area contributed by atoms with Crippen LogP contribution in [0.1, 0.15) is 43.9 Å². The molecule has 9 nitrogen and oxygen atoms in total. The molecule has 9 heteroatoms. The normalized spacial score (nSPS) is 23.8. The van der Waals surface area contributed by atoms with Gasteiger partial charge in [0, 0.05) is 12.3 Å². The van der Waals surface area contributed by atoms with Crippen molar-refractivity contribution >= 4 is 23.6 Å². The Morgan fingerprint density at radius 3 is 2.90 bits per heavy atom. The van der Waals surface area contributed by atoms with E-state index in [9.17, 15) is 19.2 Å². The van der Waals surface area contributed by atoms with Crippen molar-refractivity contribution < 1.29 is 19.1 Å². The van der Waals surface area contributed by atoms with Crippen LogP contribution in [0.2, 0.25) is 0 Å². The number of carbonyl (C=O) groups excluding carboxylic acids is 3. The minimum atomic E-state index is -0.915. The minimum Gasteiger partial charge on any atom is -0.458 e. The second-order valence-electron chi connectivity index (χ2n) is 8.07. The van der Waals surface area contributed by atoms with Crippen molar-refractivity contribution in [3.63, 3.8) is 0 Å². The zero-order chi connectivity index (χ0) is 21.5. The molecule has 30 heavy (non-hydrogen) atoms. The molecule has 1 N–H and O–H groups in total. The first-order valence-corrected chi connectivity index (χ1v) is 10.1. The van der Waals surface area contributed by atoms with Crippen molar-refractivity contribution in [2.75, 3.05) is 6.54 Å². The summed E-state index contributed by atoms with van der Waals surface area (Å²) in [6.45, 7) is 3.09. The van der Waals surface area contributed by atoms with Gasteiger partial charge in [0.15, 0.2) is 0 Å². The Morgan fingerprint density at radius 1 is 1.33 bits per heavy atom. The van der Waals surface area contributed by atoms with Crippen LogP contribution >= 0.6 is 0 Å². The number of imide groups is 1. The molecule has 158 valence electrons. The van der Waals surface area contributed by atoms with Crippen LogP contribution in [0.25, 0.3) is 5.65 Å². The molecular formula is C21H24N4O5. The lowest BCUT2D eigenvalue weighted by Crippen LogP contribution is -2.54. The van der Waals surface area contributed by atoms with Crippen LogP contribution in [-0.2, 0) is 20.9 Å². The quantitative estimate of drug-likeness (QED) is 0.603. The third-order valence-corrected chi connectivity index (χ3v) is 6.11. The fourth-order valence-electron chi connectivity index (χ4n) is 4.35. The van der Waals surface area contributed by atoms with Crippen LogP contribution in [0.5, 0.6) is 0 Å². The van der Waals surface area contributed by atoms with E-state index in [-0.39, 0.29) is 24.0 Å². The number of esters is 1. The van der Waals surface area contributed by atoms with Gasteiger partial charge in [-0.3, -0.25) is 23.7 Å². The van der Waals surface area contributed by atoms with E-state index in [2.05, 4.69) is 10.3 Å². The maximum Gasteiger partial charge on any atom is 0.326 e. The lowest BCUT2D eigenvalue weighted by atomic mass is 9.73. The number of carbonyl (C=O) groups is 3. The van der Waals surface area contributed by atoms with Gasteiger partial charge in [0.05, 0.1) is 5.69 Å². The fourth-order valence-corrected chi connectivity index (χ4v) is 4.35. The van der Waals surface area contributed by atoms with Crippen molar-refractivity contribution in [1.82, 2.24) is 19.6 Å². The number of rotatable bonds is 4. The maximum atomic E-state index is 12.9. The van der Waals surface area contributed by atoms with Gasteiger partial charge in [0.2, 0.25) is 0 Å². The standard InChI is InChI=1S/C21H24N4O5/c1-13-6-5-9-24-16(26)10-15(22-18(13)24)12-30-17(27)11-25-19(28)21(23-20(25)29)8-4-3-7-14(21)2/h5-6,9-10,14H,3-4,7-8,11-12H2,1-2H3,(H,23,29). The van der Waals surface area contributed by atoms with E-state index in [1.807, 2.05) is 19.9 Å². The topological polar surface area (TPSA) is 110 Å². The summed E-state index contributed by atoms with van der Waals surface area (Å²) >= 11 is 0. The van der Waals surface area contributed by atoms with Gasteiger partial charge >= 0.3 is 12.0 Å². The number of amides is 3. The van der Waals surface area contributed by atoms with E-state index in [1.54, 1.807) is 12.3 Å². The first-order chi connectivity index (χ1) is 14.3. The Kier molecular flexibility index (Phi) is 5.05. The molecule has 1 aliphatic heterocycles. The molecule has 2 aromatic heterocycles. The third-order valence-electron chi connectivity index (χ3n) is 6.11. The van der Waals surface area contributed by atoms with Crippen molar-refractivity contribution in [3.05, 3.63) is 46.0 Å². The molecule has 1 aliphatic carbocycles. The maximum absolute atomic E-state index is 12.9. The predicted molar refractivity (Wildman–Crippen MR) is 107 cm³/mol. The van der Waals surface area contributed by atoms with Crippen LogP contribution in [0.4, 0.5) is 4.79 Å². The monoisotopic (exact) mass is 412 g/mol. The van der Waals surface area contributed by atoms with Crippen LogP contribution in [-0.4, -0.2) is 44.3 Å². The fraction of sp³-hybridized carbons (Fsp3) is 0.476. The second kappa shape index (κ2) is 7.55. The number of hydrogen-bond acceptors (Lipinski definition) is 6. The first kappa shape index (κ1) is 20.1. The highest BCUT2D eigenvalue weighted by Crippen LogP contribution is 2.38. The van der Waals surface area contributed by atoms with E-state index in [0.717, 1.165) is 29.7 Å². The van der Waals surface area contributed by atoms with Crippen LogP contribution in [0.15, 0.2) is 29.2 Å². The number of nitrogens with one attached hydrogen (secondary N) is 1. The van der Waals surface area contributed by atoms with Crippen molar-refractivity contribution in [2.24, 2.45) is 5.92 Å². The summed E-state index contributed by atoms with van der Waals surface area (Å²) in [5.74, 6) is -1.08. The highest BCUT2D eigenvalue weighted by molar-refractivity contribution is 6.08. The highest BCUT2D eigenvalue weighted by atomic mass is 16.5. The average molecular weight is 412 g/mol.